The summed E-state index contributed by atoms with van der Waals surface area (Å²) in [5.74, 6) is 0.754. The first-order chi connectivity index (χ1) is 4.43. The van der Waals surface area contributed by atoms with Crippen LogP contribution in [0.15, 0.2) is 10.9 Å². The summed E-state index contributed by atoms with van der Waals surface area (Å²) in [7, 11) is 1.89. The highest BCUT2D eigenvalue weighted by Crippen LogP contribution is 1.86. The van der Waals surface area contributed by atoms with Crippen LogP contribution < -0.4 is 5.32 Å². The highest BCUT2D eigenvalue weighted by molar-refractivity contribution is 5.85. The molecule has 1 aromatic heterocycles. The van der Waals surface area contributed by atoms with Crippen molar-refractivity contribution in [2.24, 2.45) is 0 Å². The third kappa shape index (κ3) is 2.80. The lowest BCUT2D eigenvalue weighted by atomic mass is 10.4. The third-order valence-corrected chi connectivity index (χ3v) is 1.01. The fourth-order valence-electron chi connectivity index (χ4n) is 0.539. The van der Waals surface area contributed by atoms with Crippen LogP contribution in [0, 0.1) is 0 Å². The molecule has 0 atom stereocenters. The Kier molecular flexibility index (Phi) is 4.88. The first-order valence-electron chi connectivity index (χ1n) is 2.83. The van der Waals surface area contributed by atoms with Crippen molar-refractivity contribution in [3.05, 3.63) is 12.2 Å². The van der Waals surface area contributed by atoms with Crippen LogP contribution in [0.25, 0.3) is 0 Å². The number of aromatic nitrogens is 2. The minimum atomic E-state index is 0. The van der Waals surface area contributed by atoms with Crippen LogP contribution in [0.4, 0.5) is 0 Å². The molecule has 0 unspecified atom stereocenters. The van der Waals surface area contributed by atoms with Gasteiger partial charge in [0.15, 0.2) is 5.82 Å². The molecule has 0 fully saturated rings. The lowest BCUT2D eigenvalue weighted by molar-refractivity contribution is 0.409. The van der Waals surface area contributed by atoms with E-state index >= 15 is 0 Å². The van der Waals surface area contributed by atoms with Crippen LogP contribution in [0.1, 0.15) is 5.82 Å². The number of halogens is 1. The van der Waals surface area contributed by atoms with Crippen LogP contribution in [-0.2, 0) is 6.42 Å². The second-order valence-electron chi connectivity index (χ2n) is 1.70. The van der Waals surface area contributed by atoms with E-state index in [-0.39, 0.29) is 12.4 Å². The Bertz CT molecular complexity index is 154. The van der Waals surface area contributed by atoms with Crippen molar-refractivity contribution in [1.29, 1.82) is 0 Å². The normalized spacial score (nSPS) is 8.90. The van der Waals surface area contributed by atoms with E-state index in [1.807, 2.05) is 7.05 Å². The van der Waals surface area contributed by atoms with E-state index in [1.165, 1.54) is 6.39 Å². The Morgan fingerprint density at radius 1 is 1.70 bits per heavy atom. The van der Waals surface area contributed by atoms with Crippen LogP contribution in [0.2, 0.25) is 0 Å². The highest BCUT2D eigenvalue weighted by atomic mass is 35.5. The van der Waals surface area contributed by atoms with Gasteiger partial charge in [0, 0.05) is 13.0 Å². The van der Waals surface area contributed by atoms with E-state index in [0.717, 1.165) is 18.8 Å². The zero-order valence-electron chi connectivity index (χ0n) is 5.70. The van der Waals surface area contributed by atoms with Gasteiger partial charge in [-0.25, -0.2) is 0 Å². The van der Waals surface area contributed by atoms with Gasteiger partial charge in [0.05, 0.1) is 0 Å². The summed E-state index contributed by atoms with van der Waals surface area (Å²) in [4.78, 5) is 3.84. The van der Waals surface area contributed by atoms with Crippen molar-refractivity contribution in [3.63, 3.8) is 0 Å². The number of nitrogens with one attached hydrogen (secondary N) is 1. The maximum atomic E-state index is 4.52. The average molecular weight is 164 g/mol. The molecular formula is C5H10ClN3O. The van der Waals surface area contributed by atoms with Crippen molar-refractivity contribution < 1.29 is 4.52 Å². The van der Waals surface area contributed by atoms with Gasteiger partial charge in [0.2, 0.25) is 6.39 Å². The molecule has 0 radical (unpaired) electrons. The number of hydrogen-bond donors (Lipinski definition) is 1. The van der Waals surface area contributed by atoms with Gasteiger partial charge in [0.1, 0.15) is 0 Å². The summed E-state index contributed by atoms with van der Waals surface area (Å²) < 4.78 is 4.52. The van der Waals surface area contributed by atoms with Crippen molar-refractivity contribution in [2.45, 2.75) is 6.42 Å². The van der Waals surface area contributed by atoms with Crippen LogP contribution >= 0.6 is 12.4 Å². The maximum absolute atomic E-state index is 4.52. The quantitative estimate of drug-likeness (QED) is 0.694. The van der Waals surface area contributed by atoms with E-state index in [2.05, 4.69) is 20.0 Å². The van der Waals surface area contributed by atoms with Gasteiger partial charge >= 0.3 is 0 Å². The van der Waals surface area contributed by atoms with Gasteiger partial charge in [-0.3, -0.25) is 0 Å². The smallest absolute Gasteiger partial charge is 0.213 e. The van der Waals surface area contributed by atoms with Gasteiger partial charge in [-0.05, 0) is 7.05 Å². The summed E-state index contributed by atoms with van der Waals surface area (Å²) in [6, 6.07) is 0. The number of hydrogen-bond acceptors (Lipinski definition) is 4. The molecular weight excluding hydrogens is 154 g/mol. The lowest BCUT2D eigenvalue weighted by Gasteiger charge is -1.89. The summed E-state index contributed by atoms with van der Waals surface area (Å²) in [6.45, 7) is 0.888. The fraction of sp³-hybridized carbons (Fsp3) is 0.600. The Labute approximate surface area is 65.4 Å². The van der Waals surface area contributed by atoms with Crippen LogP contribution in [0.3, 0.4) is 0 Å². The molecule has 1 N–H and O–H groups in total. The molecule has 0 aliphatic carbocycles. The predicted octanol–water partition coefficient (Wildman–Crippen LogP) is 0.253. The summed E-state index contributed by atoms with van der Waals surface area (Å²) in [6.07, 6.45) is 2.16. The summed E-state index contributed by atoms with van der Waals surface area (Å²) in [5, 5.41) is 6.61. The molecule has 0 aliphatic heterocycles. The van der Waals surface area contributed by atoms with Gasteiger partial charge in [-0.15, -0.1) is 12.4 Å². The second kappa shape index (κ2) is 5.20. The van der Waals surface area contributed by atoms with Crippen molar-refractivity contribution >= 4 is 12.4 Å². The fourth-order valence-corrected chi connectivity index (χ4v) is 0.539. The van der Waals surface area contributed by atoms with E-state index in [9.17, 15) is 0 Å². The van der Waals surface area contributed by atoms with E-state index in [1.54, 1.807) is 0 Å². The predicted molar refractivity (Wildman–Crippen MR) is 39.2 cm³/mol. The number of likely N-dealkylation sites (N-methyl/N-ethyl adjacent to an activating group) is 1. The van der Waals surface area contributed by atoms with E-state index < -0.39 is 0 Å². The molecule has 58 valence electrons. The molecule has 0 bridgehead atoms. The Morgan fingerprint density at radius 3 is 3.00 bits per heavy atom. The van der Waals surface area contributed by atoms with Gasteiger partial charge in [0.25, 0.3) is 0 Å². The lowest BCUT2D eigenvalue weighted by Crippen LogP contribution is -2.10. The van der Waals surface area contributed by atoms with Crippen molar-refractivity contribution in [2.75, 3.05) is 13.6 Å². The van der Waals surface area contributed by atoms with Crippen molar-refractivity contribution in [1.82, 2.24) is 15.5 Å². The molecule has 1 rings (SSSR count). The number of rotatable bonds is 3. The molecule has 0 saturated carbocycles. The third-order valence-electron chi connectivity index (χ3n) is 1.01. The molecule has 0 aromatic carbocycles. The minimum absolute atomic E-state index is 0. The minimum Gasteiger partial charge on any atom is -0.343 e. The van der Waals surface area contributed by atoms with Gasteiger partial charge in [-0.2, -0.15) is 4.98 Å². The monoisotopic (exact) mass is 163 g/mol. The molecule has 0 saturated heterocycles. The van der Waals surface area contributed by atoms with E-state index in [0.29, 0.717) is 0 Å². The van der Waals surface area contributed by atoms with Crippen LogP contribution in [-0.4, -0.2) is 23.7 Å². The zero-order valence-corrected chi connectivity index (χ0v) is 6.52. The average Bonchev–Trinajstić information content (AvgIpc) is 2.34. The molecule has 4 nitrogen and oxygen atoms in total. The molecule has 0 aliphatic rings. The van der Waals surface area contributed by atoms with Gasteiger partial charge in [-0.1, -0.05) is 5.16 Å². The molecule has 10 heavy (non-hydrogen) atoms. The Hall–Kier alpha value is -0.610. The Morgan fingerprint density at radius 2 is 2.50 bits per heavy atom. The molecule has 0 spiro atoms. The SMILES string of the molecule is CNCCc1ncon1.Cl. The van der Waals surface area contributed by atoms with E-state index in [4.69, 9.17) is 0 Å². The standard InChI is InChI=1S/C5H9N3O.ClH/c1-6-3-2-5-7-4-9-8-5;/h4,6H,2-3H2,1H3;1H. The first-order valence-corrected chi connectivity index (χ1v) is 2.83. The maximum Gasteiger partial charge on any atom is 0.213 e. The largest absolute Gasteiger partial charge is 0.343 e. The molecule has 5 heteroatoms. The summed E-state index contributed by atoms with van der Waals surface area (Å²) >= 11 is 0. The second-order valence-corrected chi connectivity index (χ2v) is 1.70. The summed E-state index contributed by atoms with van der Waals surface area (Å²) in [5.41, 5.74) is 0. The Balaban J connectivity index is 0.000000810. The first kappa shape index (κ1) is 9.39. The zero-order chi connectivity index (χ0) is 6.53. The molecule has 1 aromatic rings. The highest BCUT2D eigenvalue weighted by Gasteiger charge is 1.93. The van der Waals surface area contributed by atoms with Crippen LogP contribution in [0.5, 0.6) is 0 Å². The molecule has 1 heterocycles. The number of nitrogens with zero attached hydrogens (tertiary/aromatic N) is 2. The van der Waals surface area contributed by atoms with Gasteiger partial charge < -0.3 is 9.84 Å². The van der Waals surface area contributed by atoms with Crippen molar-refractivity contribution in [3.8, 4) is 0 Å². The molecule has 0 amide bonds. The topological polar surface area (TPSA) is 51.0 Å².